The zero-order chi connectivity index (χ0) is 13.3. The molecule has 100 valence electrons. The van der Waals surface area contributed by atoms with E-state index in [9.17, 15) is 0 Å². The molecule has 1 fully saturated rings. The summed E-state index contributed by atoms with van der Waals surface area (Å²) in [6.45, 7) is 8.73. The van der Waals surface area contributed by atoms with E-state index in [1.54, 1.807) is 0 Å². The minimum absolute atomic E-state index is 0.0179. The van der Waals surface area contributed by atoms with Crippen LogP contribution in [-0.4, -0.2) is 9.97 Å². The number of aromatic nitrogens is 2. The average molecular weight is 247 g/mol. The third-order valence-electron chi connectivity index (χ3n) is 4.23. The molecule has 18 heavy (non-hydrogen) atoms. The van der Waals surface area contributed by atoms with E-state index >= 15 is 0 Å². The van der Waals surface area contributed by atoms with Gasteiger partial charge in [-0.05, 0) is 44.9 Å². The van der Waals surface area contributed by atoms with Crippen molar-refractivity contribution in [2.75, 3.05) is 0 Å². The number of aryl methyl sites for hydroxylation is 1. The molecule has 1 atom stereocenters. The molecule has 1 saturated carbocycles. The van der Waals surface area contributed by atoms with Crippen LogP contribution in [0.5, 0.6) is 0 Å². The Balaban J connectivity index is 2.13. The Labute approximate surface area is 110 Å². The van der Waals surface area contributed by atoms with E-state index in [0.29, 0.717) is 11.3 Å². The molecule has 1 aromatic rings. The van der Waals surface area contributed by atoms with Gasteiger partial charge in [0.1, 0.15) is 5.82 Å². The monoisotopic (exact) mass is 247 g/mol. The lowest BCUT2D eigenvalue weighted by Crippen LogP contribution is -2.22. The van der Waals surface area contributed by atoms with Crippen molar-refractivity contribution in [1.82, 2.24) is 9.97 Å². The molecule has 1 aromatic heterocycles. The molecule has 2 N–H and O–H groups in total. The van der Waals surface area contributed by atoms with Crippen molar-refractivity contribution in [2.24, 2.45) is 11.1 Å². The molecule has 0 saturated heterocycles. The summed E-state index contributed by atoms with van der Waals surface area (Å²) in [4.78, 5) is 9.22. The summed E-state index contributed by atoms with van der Waals surface area (Å²) >= 11 is 0. The molecule has 0 bridgehead atoms. The van der Waals surface area contributed by atoms with Crippen LogP contribution in [0.1, 0.15) is 75.5 Å². The van der Waals surface area contributed by atoms with Gasteiger partial charge in [0.25, 0.3) is 0 Å². The Kier molecular flexibility index (Phi) is 3.71. The van der Waals surface area contributed by atoms with E-state index in [0.717, 1.165) is 17.1 Å². The van der Waals surface area contributed by atoms with Crippen LogP contribution >= 0.6 is 0 Å². The molecule has 3 nitrogen and oxygen atoms in total. The van der Waals surface area contributed by atoms with Crippen molar-refractivity contribution in [3.05, 3.63) is 23.3 Å². The molecule has 0 aromatic carbocycles. The molecule has 1 aliphatic carbocycles. The lowest BCUT2D eigenvalue weighted by Gasteiger charge is -2.33. The van der Waals surface area contributed by atoms with Crippen LogP contribution in [0, 0.1) is 12.3 Å². The number of nitrogens with two attached hydrogens (primary N) is 1. The minimum Gasteiger partial charge on any atom is -0.324 e. The van der Waals surface area contributed by atoms with Crippen LogP contribution in [0.3, 0.4) is 0 Å². The second-order valence-electron chi connectivity index (χ2n) is 6.50. The van der Waals surface area contributed by atoms with E-state index in [1.165, 1.54) is 25.7 Å². The van der Waals surface area contributed by atoms with Crippen LogP contribution in [0.25, 0.3) is 0 Å². The smallest absolute Gasteiger partial charge is 0.131 e. The molecular weight excluding hydrogens is 222 g/mol. The molecule has 0 spiro atoms. The van der Waals surface area contributed by atoms with E-state index < -0.39 is 0 Å². The highest BCUT2D eigenvalue weighted by Gasteiger charge is 2.29. The molecule has 0 aliphatic heterocycles. The quantitative estimate of drug-likeness (QED) is 0.870. The summed E-state index contributed by atoms with van der Waals surface area (Å²) in [5, 5.41) is 0. The fourth-order valence-electron chi connectivity index (χ4n) is 2.80. The van der Waals surface area contributed by atoms with Crippen molar-refractivity contribution >= 4 is 0 Å². The standard InChI is InChI=1S/C15H25N3/c1-10(16)13-9-17-14(18-11(13)2)12-5-7-15(3,4)8-6-12/h9-10,12H,5-8,16H2,1-4H3/t10-/m0/s1. The maximum Gasteiger partial charge on any atom is 0.131 e. The van der Waals surface area contributed by atoms with Gasteiger partial charge >= 0.3 is 0 Å². The minimum atomic E-state index is 0.0179. The van der Waals surface area contributed by atoms with Gasteiger partial charge in [-0.15, -0.1) is 0 Å². The van der Waals surface area contributed by atoms with Crippen molar-refractivity contribution in [1.29, 1.82) is 0 Å². The number of hydrogen-bond acceptors (Lipinski definition) is 3. The second-order valence-corrected chi connectivity index (χ2v) is 6.50. The molecule has 1 heterocycles. The lowest BCUT2D eigenvalue weighted by molar-refractivity contribution is 0.220. The number of nitrogens with zero attached hydrogens (tertiary/aromatic N) is 2. The Morgan fingerprint density at radius 3 is 2.44 bits per heavy atom. The molecule has 2 rings (SSSR count). The first-order valence-corrected chi connectivity index (χ1v) is 6.98. The molecule has 0 amide bonds. The third kappa shape index (κ3) is 2.89. The summed E-state index contributed by atoms with van der Waals surface area (Å²) in [7, 11) is 0. The topological polar surface area (TPSA) is 51.8 Å². The maximum absolute atomic E-state index is 5.90. The molecule has 1 aliphatic rings. The molecule has 0 unspecified atom stereocenters. The van der Waals surface area contributed by atoms with Crippen LogP contribution in [0.15, 0.2) is 6.20 Å². The molecular formula is C15H25N3. The van der Waals surface area contributed by atoms with Crippen molar-refractivity contribution < 1.29 is 0 Å². The van der Waals surface area contributed by atoms with Gasteiger partial charge in [-0.1, -0.05) is 13.8 Å². The van der Waals surface area contributed by atoms with Gasteiger partial charge in [0, 0.05) is 29.4 Å². The Hall–Kier alpha value is -0.960. The van der Waals surface area contributed by atoms with Crippen molar-refractivity contribution in [2.45, 2.75) is 65.3 Å². The van der Waals surface area contributed by atoms with Crippen LogP contribution < -0.4 is 5.73 Å². The van der Waals surface area contributed by atoms with Crippen LogP contribution in [0.4, 0.5) is 0 Å². The zero-order valence-electron chi connectivity index (χ0n) is 12.0. The predicted molar refractivity (Wildman–Crippen MR) is 74.4 cm³/mol. The molecule has 3 heteroatoms. The lowest BCUT2D eigenvalue weighted by atomic mass is 9.73. The summed E-state index contributed by atoms with van der Waals surface area (Å²) in [6, 6.07) is 0.0179. The largest absolute Gasteiger partial charge is 0.324 e. The highest BCUT2D eigenvalue weighted by molar-refractivity contribution is 5.20. The summed E-state index contributed by atoms with van der Waals surface area (Å²) < 4.78 is 0. The number of rotatable bonds is 2. The summed E-state index contributed by atoms with van der Waals surface area (Å²) in [5.41, 5.74) is 8.50. The van der Waals surface area contributed by atoms with E-state index in [2.05, 4.69) is 23.8 Å². The number of hydrogen-bond donors (Lipinski definition) is 1. The van der Waals surface area contributed by atoms with Crippen LogP contribution in [0.2, 0.25) is 0 Å². The van der Waals surface area contributed by atoms with Gasteiger partial charge in [-0.2, -0.15) is 0 Å². The summed E-state index contributed by atoms with van der Waals surface area (Å²) in [6.07, 6.45) is 6.89. The van der Waals surface area contributed by atoms with Gasteiger partial charge in [0.2, 0.25) is 0 Å². The van der Waals surface area contributed by atoms with Gasteiger partial charge in [0.15, 0.2) is 0 Å². The Bertz CT molecular complexity index is 414. The van der Waals surface area contributed by atoms with Gasteiger partial charge in [-0.3, -0.25) is 0 Å². The first-order valence-electron chi connectivity index (χ1n) is 6.98. The van der Waals surface area contributed by atoms with Crippen molar-refractivity contribution in [3.8, 4) is 0 Å². The second kappa shape index (κ2) is 4.96. The zero-order valence-corrected chi connectivity index (χ0v) is 12.0. The van der Waals surface area contributed by atoms with Gasteiger partial charge in [-0.25, -0.2) is 9.97 Å². The predicted octanol–water partition coefficient (Wildman–Crippen LogP) is 3.49. The normalized spacial score (nSPS) is 21.8. The van der Waals surface area contributed by atoms with Crippen molar-refractivity contribution in [3.63, 3.8) is 0 Å². The highest BCUT2D eigenvalue weighted by Crippen LogP contribution is 2.41. The van der Waals surface area contributed by atoms with Gasteiger partial charge < -0.3 is 5.73 Å². The highest BCUT2D eigenvalue weighted by atomic mass is 14.9. The first kappa shape index (κ1) is 13.5. The molecule has 0 radical (unpaired) electrons. The third-order valence-corrected chi connectivity index (χ3v) is 4.23. The average Bonchev–Trinajstić information content (AvgIpc) is 2.28. The fourth-order valence-corrected chi connectivity index (χ4v) is 2.80. The maximum atomic E-state index is 5.90. The first-order chi connectivity index (χ1) is 8.39. The van der Waals surface area contributed by atoms with Gasteiger partial charge in [0.05, 0.1) is 0 Å². The van der Waals surface area contributed by atoms with E-state index in [1.807, 2.05) is 20.0 Å². The fraction of sp³-hybridized carbons (Fsp3) is 0.733. The van der Waals surface area contributed by atoms with E-state index in [4.69, 9.17) is 5.73 Å². The Morgan fingerprint density at radius 1 is 1.33 bits per heavy atom. The van der Waals surface area contributed by atoms with E-state index in [-0.39, 0.29) is 6.04 Å². The van der Waals surface area contributed by atoms with Crippen LogP contribution in [-0.2, 0) is 0 Å². The Morgan fingerprint density at radius 2 is 1.94 bits per heavy atom. The SMILES string of the molecule is Cc1nc(C2CCC(C)(C)CC2)ncc1[C@H](C)N. The summed E-state index contributed by atoms with van der Waals surface area (Å²) in [5.74, 6) is 1.56.